The third kappa shape index (κ3) is 7.83. The lowest BCUT2D eigenvalue weighted by Crippen LogP contribution is -2.46. The van der Waals surface area contributed by atoms with Gasteiger partial charge in [-0.3, -0.25) is 10.0 Å². The van der Waals surface area contributed by atoms with E-state index in [1.165, 1.54) is 36.8 Å². The van der Waals surface area contributed by atoms with E-state index in [0.717, 1.165) is 0 Å². The summed E-state index contributed by atoms with van der Waals surface area (Å²) in [6, 6.07) is 4.00. The first kappa shape index (κ1) is 23.2. The lowest BCUT2D eigenvalue weighted by molar-refractivity contribution is -0.131. The molecule has 11 heteroatoms. The molecule has 0 spiro atoms. The molecular formula is C17H24N4O6S. The molecular weight excluding hydrogens is 388 g/mol. The third-order valence-corrected chi connectivity index (χ3v) is 5.02. The number of rotatable bonds is 10. The molecule has 0 radical (unpaired) electrons. The van der Waals surface area contributed by atoms with E-state index in [-0.39, 0.29) is 24.5 Å². The number of hydrogen-bond acceptors (Lipinski definition) is 6. The van der Waals surface area contributed by atoms with Gasteiger partial charge in [-0.1, -0.05) is 5.92 Å². The zero-order valence-corrected chi connectivity index (χ0v) is 16.4. The molecule has 0 fully saturated rings. The molecule has 0 unspecified atom stereocenters. The summed E-state index contributed by atoms with van der Waals surface area (Å²) >= 11 is 0. The molecule has 0 bridgehead atoms. The molecule has 0 saturated carbocycles. The second-order valence-corrected chi connectivity index (χ2v) is 7.20. The topological polar surface area (TPSA) is 146 Å². The van der Waals surface area contributed by atoms with Crippen LogP contribution in [0.2, 0.25) is 0 Å². The fraction of sp³-hybridized carbons (Fsp3) is 0.412. The fourth-order valence-corrected chi connectivity index (χ4v) is 3.31. The minimum Gasteiger partial charge on any atom is -0.481 e. The number of carbonyl (C=O) groups excluding carboxylic acids is 2. The van der Waals surface area contributed by atoms with Crippen molar-refractivity contribution in [3.05, 3.63) is 24.3 Å². The molecule has 10 nitrogen and oxygen atoms in total. The predicted molar refractivity (Wildman–Crippen MR) is 101 cm³/mol. The molecule has 154 valence electrons. The number of hydrogen-bond donors (Lipinski definition) is 5. The average Bonchev–Trinajstić information content (AvgIpc) is 2.69. The molecule has 0 aliphatic rings. The first-order valence-electron chi connectivity index (χ1n) is 8.38. The standard InChI is InChI=1S/C17H24N4O6S/c1-3-4-12-27-13-7-9-14(10-8-13)28(25,26)21-15(16(22)20-24)6-5-11-19-17(23)18-2/h7-10,15,21,24H,5-6,11-12H2,1-2H3,(H,20,22)(H2,18,19,23)/t15-/m1/s1. The largest absolute Gasteiger partial charge is 0.481 e. The first-order chi connectivity index (χ1) is 13.3. The zero-order valence-electron chi connectivity index (χ0n) is 15.6. The van der Waals surface area contributed by atoms with Crippen LogP contribution in [0.3, 0.4) is 0 Å². The SMILES string of the molecule is CC#CCOc1ccc(S(=O)(=O)N[C@H](CCCNC(=O)NC)C(=O)NO)cc1. The van der Waals surface area contributed by atoms with Gasteiger partial charge in [0, 0.05) is 13.6 Å². The van der Waals surface area contributed by atoms with Gasteiger partial charge in [-0.25, -0.2) is 18.7 Å². The third-order valence-electron chi connectivity index (χ3n) is 3.53. The lowest BCUT2D eigenvalue weighted by Gasteiger charge is -2.17. The van der Waals surface area contributed by atoms with Gasteiger partial charge in [-0.2, -0.15) is 4.72 Å². The summed E-state index contributed by atoms with van der Waals surface area (Å²) in [5, 5.41) is 13.7. The van der Waals surface area contributed by atoms with Gasteiger partial charge < -0.3 is 15.4 Å². The second-order valence-electron chi connectivity index (χ2n) is 5.48. The van der Waals surface area contributed by atoms with Crippen molar-refractivity contribution >= 4 is 22.0 Å². The molecule has 0 aliphatic heterocycles. The van der Waals surface area contributed by atoms with Crippen LogP contribution in [0.5, 0.6) is 5.75 Å². The van der Waals surface area contributed by atoms with Crippen molar-refractivity contribution in [2.75, 3.05) is 20.2 Å². The van der Waals surface area contributed by atoms with E-state index in [0.29, 0.717) is 12.2 Å². The molecule has 0 saturated heterocycles. The van der Waals surface area contributed by atoms with E-state index in [1.54, 1.807) is 6.92 Å². The van der Waals surface area contributed by atoms with Crippen molar-refractivity contribution in [3.8, 4) is 17.6 Å². The quantitative estimate of drug-likeness (QED) is 0.158. The van der Waals surface area contributed by atoms with Crippen molar-refractivity contribution in [3.63, 3.8) is 0 Å². The summed E-state index contributed by atoms with van der Waals surface area (Å²) in [4.78, 5) is 22.8. The molecule has 0 aromatic heterocycles. The van der Waals surface area contributed by atoms with Crippen molar-refractivity contribution in [1.29, 1.82) is 0 Å². The highest BCUT2D eigenvalue weighted by Crippen LogP contribution is 2.16. The summed E-state index contributed by atoms with van der Waals surface area (Å²) in [7, 11) is -2.56. The Hall–Kier alpha value is -2.81. The van der Waals surface area contributed by atoms with Crippen LogP contribution in [0, 0.1) is 11.8 Å². The van der Waals surface area contributed by atoms with E-state index in [1.807, 2.05) is 0 Å². The Morgan fingerprint density at radius 2 is 1.93 bits per heavy atom. The Kier molecular flexibility index (Phi) is 9.80. The number of ether oxygens (including phenoxy) is 1. The molecule has 28 heavy (non-hydrogen) atoms. The van der Waals surface area contributed by atoms with Crippen LogP contribution in [0.15, 0.2) is 29.2 Å². The van der Waals surface area contributed by atoms with Crippen LogP contribution in [0.1, 0.15) is 19.8 Å². The zero-order chi connectivity index (χ0) is 21.0. The van der Waals surface area contributed by atoms with Gasteiger partial charge >= 0.3 is 6.03 Å². The fourth-order valence-electron chi connectivity index (χ4n) is 2.08. The van der Waals surface area contributed by atoms with E-state index < -0.39 is 28.0 Å². The van der Waals surface area contributed by atoms with Gasteiger partial charge in [0.1, 0.15) is 18.4 Å². The molecule has 0 heterocycles. The Morgan fingerprint density at radius 3 is 2.50 bits per heavy atom. The van der Waals surface area contributed by atoms with Gasteiger partial charge in [0.05, 0.1) is 4.90 Å². The van der Waals surface area contributed by atoms with Gasteiger partial charge in [0.15, 0.2) is 0 Å². The molecule has 5 N–H and O–H groups in total. The highest BCUT2D eigenvalue weighted by atomic mass is 32.2. The number of nitrogens with one attached hydrogen (secondary N) is 4. The van der Waals surface area contributed by atoms with E-state index >= 15 is 0 Å². The maximum atomic E-state index is 12.5. The summed E-state index contributed by atoms with van der Waals surface area (Å²) in [5.74, 6) is 4.95. The van der Waals surface area contributed by atoms with Crippen LogP contribution in [0.4, 0.5) is 4.79 Å². The summed E-state index contributed by atoms with van der Waals surface area (Å²) in [6.45, 7) is 2.09. The van der Waals surface area contributed by atoms with Crippen LogP contribution in [-0.4, -0.2) is 51.8 Å². The van der Waals surface area contributed by atoms with Gasteiger partial charge in [0.25, 0.3) is 5.91 Å². The number of amides is 3. The monoisotopic (exact) mass is 412 g/mol. The van der Waals surface area contributed by atoms with Gasteiger partial charge in [-0.05, 0) is 44.0 Å². The smallest absolute Gasteiger partial charge is 0.314 e. The van der Waals surface area contributed by atoms with Gasteiger partial charge in [-0.15, -0.1) is 5.92 Å². The maximum absolute atomic E-state index is 12.5. The van der Waals surface area contributed by atoms with Crippen LogP contribution >= 0.6 is 0 Å². The molecule has 0 aliphatic carbocycles. The van der Waals surface area contributed by atoms with Gasteiger partial charge in [0.2, 0.25) is 10.0 Å². The normalized spacial score (nSPS) is 11.5. The first-order valence-corrected chi connectivity index (χ1v) is 9.86. The van der Waals surface area contributed by atoms with Crippen molar-refractivity contribution in [1.82, 2.24) is 20.8 Å². The average molecular weight is 412 g/mol. The van der Waals surface area contributed by atoms with E-state index in [9.17, 15) is 18.0 Å². The molecule has 1 aromatic rings. The Labute approximate surface area is 164 Å². The second kappa shape index (κ2) is 11.8. The summed E-state index contributed by atoms with van der Waals surface area (Å²) in [6.07, 6.45) is 0.367. The minimum absolute atomic E-state index is 0.0620. The van der Waals surface area contributed by atoms with Crippen molar-refractivity contribution in [2.24, 2.45) is 0 Å². The summed E-state index contributed by atoms with van der Waals surface area (Å²) in [5.41, 5.74) is 1.44. The van der Waals surface area contributed by atoms with E-state index in [2.05, 4.69) is 27.2 Å². The molecule has 3 amide bonds. The van der Waals surface area contributed by atoms with Crippen LogP contribution < -0.4 is 25.6 Å². The minimum atomic E-state index is -4.02. The molecule has 1 rings (SSSR count). The highest BCUT2D eigenvalue weighted by molar-refractivity contribution is 7.89. The molecule has 1 atom stereocenters. The van der Waals surface area contributed by atoms with E-state index in [4.69, 9.17) is 9.94 Å². The Morgan fingerprint density at radius 1 is 1.25 bits per heavy atom. The number of carbonyl (C=O) groups is 2. The lowest BCUT2D eigenvalue weighted by atomic mass is 10.1. The highest BCUT2D eigenvalue weighted by Gasteiger charge is 2.25. The Bertz CT molecular complexity index is 814. The predicted octanol–water partition coefficient (Wildman–Crippen LogP) is -0.0498. The van der Waals surface area contributed by atoms with Crippen molar-refractivity contribution in [2.45, 2.75) is 30.7 Å². The van der Waals surface area contributed by atoms with Crippen LogP contribution in [-0.2, 0) is 14.8 Å². The van der Waals surface area contributed by atoms with Crippen LogP contribution in [0.25, 0.3) is 0 Å². The molecule has 1 aromatic carbocycles. The Balaban J connectivity index is 2.75. The van der Waals surface area contributed by atoms with Crippen molar-refractivity contribution < 1.29 is 28.0 Å². The number of benzene rings is 1. The summed E-state index contributed by atoms with van der Waals surface area (Å²) < 4.78 is 32.6. The maximum Gasteiger partial charge on any atom is 0.314 e. The number of sulfonamides is 1. The number of urea groups is 1. The number of hydroxylamine groups is 1.